The van der Waals surface area contributed by atoms with E-state index in [4.69, 9.17) is 0 Å². The summed E-state index contributed by atoms with van der Waals surface area (Å²) in [5, 5.41) is 3.40. The molecule has 1 aliphatic heterocycles. The van der Waals surface area contributed by atoms with E-state index in [1.165, 1.54) is 17.5 Å². The normalized spacial score (nSPS) is 17.0. The molecule has 0 amide bonds. The Hall–Kier alpha value is -2.28. The van der Waals surface area contributed by atoms with Crippen LogP contribution in [0.3, 0.4) is 0 Å². The average Bonchev–Trinajstić information content (AvgIpc) is 3.10. The zero-order valence-electron chi connectivity index (χ0n) is 14.6. The van der Waals surface area contributed by atoms with E-state index in [2.05, 4.69) is 37.1 Å². The maximum Gasteiger partial charge on any atom is 0.230 e. The SMILES string of the molecule is Cc1cnccc1CN(C)c1ncnc(N(C)CC2CCNC2)n1. The molecule has 128 valence electrons. The van der Waals surface area contributed by atoms with Gasteiger partial charge >= 0.3 is 0 Å². The van der Waals surface area contributed by atoms with Gasteiger partial charge < -0.3 is 15.1 Å². The first kappa shape index (κ1) is 16.6. The van der Waals surface area contributed by atoms with Gasteiger partial charge in [0.2, 0.25) is 11.9 Å². The molecule has 1 N–H and O–H groups in total. The Morgan fingerprint density at radius 2 is 2.00 bits per heavy atom. The summed E-state index contributed by atoms with van der Waals surface area (Å²) >= 11 is 0. The van der Waals surface area contributed by atoms with Crippen LogP contribution in [0.25, 0.3) is 0 Å². The zero-order chi connectivity index (χ0) is 16.9. The van der Waals surface area contributed by atoms with Crippen LogP contribution in [-0.2, 0) is 6.54 Å². The molecule has 1 saturated heterocycles. The molecular weight excluding hydrogens is 302 g/mol. The fourth-order valence-corrected chi connectivity index (χ4v) is 2.99. The van der Waals surface area contributed by atoms with E-state index in [1.54, 1.807) is 6.33 Å². The lowest BCUT2D eigenvalue weighted by Crippen LogP contribution is -2.29. The fraction of sp³-hybridized carbons (Fsp3) is 0.529. The third-order valence-corrected chi connectivity index (χ3v) is 4.47. The summed E-state index contributed by atoms with van der Waals surface area (Å²) in [4.78, 5) is 21.6. The molecule has 1 fully saturated rings. The Bertz CT molecular complexity index is 669. The van der Waals surface area contributed by atoms with Gasteiger partial charge in [-0.05, 0) is 49.5 Å². The number of anilines is 2. The zero-order valence-corrected chi connectivity index (χ0v) is 14.6. The van der Waals surface area contributed by atoms with Gasteiger partial charge in [0, 0.05) is 39.6 Å². The summed E-state index contributed by atoms with van der Waals surface area (Å²) < 4.78 is 0. The second-order valence-electron chi connectivity index (χ2n) is 6.48. The van der Waals surface area contributed by atoms with Crippen LogP contribution in [0, 0.1) is 12.8 Å². The van der Waals surface area contributed by atoms with Crippen LogP contribution in [0.5, 0.6) is 0 Å². The Labute approximate surface area is 143 Å². The van der Waals surface area contributed by atoms with Gasteiger partial charge in [-0.3, -0.25) is 4.98 Å². The van der Waals surface area contributed by atoms with Crippen molar-refractivity contribution in [3.05, 3.63) is 35.9 Å². The third kappa shape index (κ3) is 3.97. The maximum atomic E-state index is 4.63. The van der Waals surface area contributed by atoms with Gasteiger partial charge in [0.25, 0.3) is 0 Å². The van der Waals surface area contributed by atoms with Crippen LogP contribution in [0.1, 0.15) is 17.5 Å². The lowest BCUT2D eigenvalue weighted by molar-refractivity contribution is 0.572. The summed E-state index contributed by atoms with van der Waals surface area (Å²) in [5.74, 6) is 2.07. The van der Waals surface area contributed by atoms with Crippen molar-refractivity contribution in [3.63, 3.8) is 0 Å². The van der Waals surface area contributed by atoms with E-state index in [1.807, 2.05) is 37.5 Å². The Balaban J connectivity index is 1.68. The molecule has 7 heteroatoms. The Morgan fingerprint density at radius 3 is 2.71 bits per heavy atom. The molecule has 0 bridgehead atoms. The molecule has 2 aromatic heterocycles. The van der Waals surface area contributed by atoms with E-state index >= 15 is 0 Å². The van der Waals surface area contributed by atoms with Crippen molar-refractivity contribution in [2.45, 2.75) is 19.9 Å². The molecule has 1 atom stereocenters. The first-order chi connectivity index (χ1) is 11.6. The Morgan fingerprint density at radius 1 is 1.21 bits per heavy atom. The highest BCUT2D eigenvalue weighted by atomic mass is 15.3. The van der Waals surface area contributed by atoms with Gasteiger partial charge in [-0.2, -0.15) is 4.98 Å². The van der Waals surface area contributed by atoms with E-state index < -0.39 is 0 Å². The van der Waals surface area contributed by atoms with E-state index in [9.17, 15) is 0 Å². The number of rotatable bonds is 6. The summed E-state index contributed by atoms with van der Waals surface area (Å²) in [7, 11) is 4.05. The van der Waals surface area contributed by atoms with Gasteiger partial charge in [0.05, 0.1) is 0 Å². The molecule has 0 aliphatic carbocycles. The van der Waals surface area contributed by atoms with Crippen molar-refractivity contribution in [1.29, 1.82) is 0 Å². The molecule has 1 unspecified atom stereocenters. The number of hydrogen-bond acceptors (Lipinski definition) is 7. The van der Waals surface area contributed by atoms with E-state index in [-0.39, 0.29) is 0 Å². The van der Waals surface area contributed by atoms with Crippen LogP contribution in [-0.4, -0.2) is 53.7 Å². The predicted molar refractivity (Wildman–Crippen MR) is 95.2 cm³/mol. The third-order valence-electron chi connectivity index (χ3n) is 4.47. The van der Waals surface area contributed by atoms with Crippen molar-refractivity contribution >= 4 is 11.9 Å². The van der Waals surface area contributed by atoms with E-state index in [0.717, 1.165) is 32.1 Å². The maximum absolute atomic E-state index is 4.63. The van der Waals surface area contributed by atoms with Crippen LogP contribution in [0.4, 0.5) is 11.9 Å². The fourth-order valence-electron chi connectivity index (χ4n) is 2.99. The van der Waals surface area contributed by atoms with Crippen molar-refractivity contribution in [2.24, 2.45) is 5.92 Å². The summed E-state index contributed by atoms with van der Waals surface area (Å²) in [6, 6.07) is 2.03. The molecule has 0 aromatic carbocycles. The molecular formula is C17H25N7. The molecule has 1 aliphatic rings. The number of pyridine rings is 1. The van der Waals surface area contributed by atoms with Crippen LogP contribution in [0.15, 0.2) is 24.8 Å². The first-order valence-corrected chi connectivity index (χ1v) is 8.35. The number of aromatic nitrogens is 4. The quantitative estimate of drug-likeness (QED) is 0.856. The molecule has 0 radical (unpaired) electrons. The number of nitrogens with one attached hydrogen (secondary N) is 1. The second-order valence-corrected chi connectivity index (χ2v) is 6.48. The number of aryl methyl sites for hydroxylation is 1. The van der Waals surface area contributed by atoms with Crippen LogP contribution in [0.2, 0.25) is 0 Å². The summed E-state index contributed by atoms with van der Waals surface area (Å²) in [6.45, 7) is 5.95. The highest BCUT2D eigenvalue weighted by molar-refractivity contribution is 5.38. The highest BCUT2D eigenvalue weighted by Crippen LogP contribution is 2.16. The van der Waals surface area contributed by atoms with Crippen molar-refractivity contribution < 1.29 is 0 Å². The van der Waals surface area contributed by atoms with Gasteiger partial charge in [-0.15, -0.1) is 0 Å². The lowest BCUT2D eigenvalue weighted by atomic mass is 10.1. The topological polar surface area (TPSA) is 70.1 Å². The van der Waals surface area contributed by atoms with Crippen molar-refractivity contribution in [2.75, 3.05) is 43.5 Å². The second kappa shape index (κ2) is 7.53. The standard InChI is InChI=1S/C17H25N7/c1-13-8-18-7-5-15(13)11-24(3)17-21-12-20-16(22-17)23(2)10-14-4-6-19-9-14/h5,7-8,12,14,19H,4,6,9-11H2,1-3H3. The lowest BCUT2D eigenvalue weighted by Gasteiger charge is -2.22. The predicted octanol–water partition coefficient (Wildman–Crippen LogP) is 1.26. The minimum absolute atomic E-state index is 0.660. The average molecular weight is 327 g/mol. The van der Waals surface area contributed by atoms with Crippen LogP contribution < -0.4 is 15.1 Å². The smallest absolute Gasteiger partial charge is 0.230 e. The number of hydrogen-bond donors (Lipinski definition) is 1. The van der Waals surface area contributed by atoms with Crippen molar-refractivity contribution in [1.82, 2.24) is 25.3 Å². The molecule has 0 saturated carbocycles. The highest BCUT2D eigenvalue weighted by Gasteiger charge is 2.18. The minimum Gasteiger partial charge on any atom is -0.343 e. The van der Waals surface area contributed by atoms with Gasteiger partial charge in [-0.1, -0.05) is 0 Å². The van der Waals surface area contributed by atoms with Crippen molar-refractivity contribution in [3.8, 4) is 0 Å². The molecule has 2 aromatic rings. The summed E-state index contributed by atoms with van der Waals surface area (Å²) in [5.41, 5.74) is 2.39. The monoisotopic (exact) mass is 327 g/mol. The molecule has 24 heavy (non-hydrogen) atoms. The first-order valence-electron chi connectivity index (χ1n) is 8.35. The molecule has 3 rings (SSSR count). The van der Waals surface area contributed by atoms with Crippen LogP contribution >= 0.6 is 0 Å². The van der Waals surface area contributed by atoms with Gasteiger partial charge in [-0.25, -0.2) is 9.97 Å². The van der Waals surface area contributed by atoms with E-state index in [0.29, 0.717) is 11.9 Å². The van der Waals surface area contributed by atoms with Gasteiger partial charge in [0.15, 0.2) is 0 Å². The molecule has 7 nitrogen and oxygen atoms in total. The largest absolute Gasteiger partial charge is 0.343 e. The molecule has 3 heterocycles. The molecule has 0 spiro atoms. The van der Waals surface area contributed by atoms with Gasteiger partial charge in [0.1, 0.15) is 6.33 Å². The number of nitrogens with zero attached hydrogens (tertiary/aromatic N) is 6. The minimum atomic E-state index is 0.660. The Kier molecular flexibility index (Phi) is 5.20. The summed E-state index contributed by atoms with van der Waals surface area (Å²) in [6.07, 6.45) is 6.50.